The smallest absolute Gasteiger partial charge is 0.338 e. The molecule has 2 aromatic carbocycles. The number of ether oxygens (including phenoxy) is 4. The summed E-state index contributed by atoms with van der Waals surface area (Å²) in [6.45, 7) is 1.27. The van der Waals surface area contributed by atoms with Crippen molar-refractivity contribution in [2.75, 3.05) is 20.3 Å². The van der Waals surface area contributed by atoms with Gasteiger partial charge in [-0.25, -0.2) is 4.79 Å². The summed E-state index contributed by atoms with van der Waals surface area (Å²) in [6.07, 6.45) is -0.923. The number of benzene rings is 2. The number of methoxy groups -OCH3 is 1. The first kappa shape index (κ1) is 20.0. The van der Waals surface area contributed by atoms with Crippen LogP contribution in [0.2, 0.25) is 0 Å². The first-order chi connectivity index (χ1) is 14.0. The Kier molecular flexibility index (Phi) is 6.18. The summed E-state index contributed by atoms with van der Waals surface area (Å²) >= 11 is 0. The average molecular weight is 400 g/mol. The monoisotopic (exact) mass is 400 g/mol. The maximum absolute atomic E-state index is 12.1. The van der Waals surface area contributed by atoms with E-state index in [9.17, 15) is 14.4 Å². The number of para-hydroxylation sites is 2. The van der Waals surface area contributed by atoms with Gasteiger partial charge in [0, 0.05) is 0 Å². The van der Waals surface area contributed by atoms with Crippen LogP contribution in [-0.4, -0.2) is 44.2 Å². The predicted molar refractivity (Wildman–Crippen MR) is 101 cm³/mol. The first-order valence-corrected chi connectivity index (χ1v) is 8.77. The Labute approximate surface area is 166 Å². The van der Waals surface area contributed by atoms with E-state index >= 15 is 0 Å². The summed E-state index contributed by atoms with van der Waals surface area (Å²) in [6, 6.07) is 11.7. The molecule has 0 saturated heterocycles. The Morgan fingerprint density at radius 2 is 1.86 bits per heavy atom. The molecule has 2 aromatic rings. The molecule has 0 fully saturated rings. The lowest BCUT2D eigenvalue weighted by Gasteiger charge is -2.25. The second-order valence-electron chi connectivity index (χ2n) is 6.16. The van der Waals surface area contributed by atoms with E-state index in [1.54, 1.807) is 36.4 Å². The van der Waals surface area contributed by atoms with Crippen LogP contribution in [0.4, 0.5) is 0 Å². The Bertz CT molecular complexity index is 929. The van der Waals surface area contributed by atoms with Gasteiger partial charge in [-0.1, -0.05) is 18.2 Å². The number of hydrogen-bond donors (Lipinski definition) is 2. The van der Waals surface area contributed by atoms with E-state index < -0.39 is 30.5 Å². The molecule has 2 amide bonds. The van der Waals surface area contributed by atoms with Crippen molar-refractivity contribution in [1.82, 2.24) is 10.9 Å². The SMILES string of the molecule is COc1cc(C(=O)OCC(=O)NNC(=O)[C@H]2COc3ccccc3O2)ccc1C. The number of hydrazine groups is 1. The molecule has 0 unspecified atom stereocenters. The number of amides is 2. The fraction of sp³-hybridized carbons (Fsp3) is 0.250. The van der Waals surface area contributed by atoms with Crippen molar-refractivity contribution < 1.29 is 33.3 Å². The van der Waals surface area contributed by atoms with Crippen molar-refractivity contribution >= 4 is 17.8 Å². The van der Waals surface area contributed by atoms with Crippen LogP contribution in [0.25, 0.3) is 0 Å². The van der Waals surface area contributed by atoms with Gasteiger partial charge in [0.2, 0.25) is 6.10 Å². The summed E-state index contributed by atoms with van der Waals surface area (Å²) < 4.78 is 21.1. The van der Waals surface area contributed by atoms with E-state index in [0.29, 0.717) is 17.2 Å². The summed E-state index contributed by atoms with van der Waals surface area (Å²) in [7, 11) is 1.49. The highest BCUT2D eigenvalue weighted by Crippen LogP contribution is 2.30. The van der Waals surface area contributed by atoms with Gasteiger partial charge in [0.25, 0.3) is 11.8 Å². The minimum absolute atomic E-state index is 0.00294. The molecule has 2 N–H and O–H groups in total. The molecule has 9 nitrogen and oxygen atoms in total. The van der Waals surface area contributed by atoms with E-state index in [-0.39, 0.29) is 12.2 Å². The molecule has 0 aliphatic carbocycles. The van der Waals surface area contributed by atoms with Crippen molar-refractivity contribution in [3.63, 3.8) is 0 Å². The average Bonchev–Trinajstić information content (AvgIpc) is 2.75. The molecular formula is C20H20N2O7. The zero-order valence-electron chi connectivity index (χ0n) is 15.9. The second-order valence-corrected chi connectivity index (χ2v) is 6.16. The molecule has 1 heterocycles. The molecule has 9 heteroatoms. The highest BCUT2D eigenvalue weighted by molar-refractivity contribution is 5.92. The van der Waals surface area contributed by atoms with Crippen molar-refractivity contribution in [3.8, 4) is 17.2 Å². The van der Waals surface area contributed by atoms with Crippen molar-refractivity contribution in [1.29, 1.82) is 0 Å². The Hall–Kier alpha value is -3.75. The van der Waals surface area contributed by atoms with Crippen LogP contribution in [0.3, 0.4) is 0 Å². The van der Waals surface area contributed by atoms with E-state index in [1.807, 2.05) is 6.92 Å². The molecule has 0 bridgehead atoms. The van der Waals surface area contributed by atoms with Gasteiger partial charge >= 0.3 is 5.97 Å². The van der Waals surface area contributed by atoms with Crippen LogP contribution in [0.1, 0.15) is 15.9 Å². The van der Waals surface area contributed by atoms with Gasteiger partial charge in [-0.2, -0.15) is 0 Å². The summed E-state index contributed by atoms with van der Waals surface area (Å²) in [4.78, 5) is 36.0. The van der Waals surface area contributed by atoms with Gasteiger partial charge in [-0.3, -0.25) is 20.4 Å². The third kappa shape index (κ3) is 4.95. The standard InChI is InChI=1S/C20H20N2O7/c1-12-7-8-13(9-16(12)26-2)20(25)28-11-18(23)21-22-19(24)17-10-27-14-5-3-4-6-15(14)29-17/h3-9,17H,10-11H2,1-2H3,(H,21,23)(H,22,24)/t17-/m1/s1. The first-order valence-electron chi connectivity index (χ1n) is 8.77. The Morgan fingerprint density at radius 3 is 2.62 bits per heavy atom. The lowest BCUT2D eigenvalue weighted by molar-refractivity contribution is -0.135. The summed E-state index contributed by atoms with van der Waals surface area (Å²) in [5.74, 6) is -0.476. The van der Waals surface area contributed by atoms with Crippen LogP contribution >= 0.6 is 0 Å². The molecule has 0 aromatic heterocycles. The summed E-state index contributed by atoms with van der Waals surface area (Å²) in [5, 5.41) is 0. The quantitative estimate of drug-likeness (QED) is 0.572. The number of esters is 1. The maximum Gasteiger partial charge on any atom is 0.338 e. The molecule has 0 radical (unpaired) electrons. The number of nitrogens with one attached hydrogen (secondary N) is 2. The Morgan fingerprint density at radius 1 is 1.10 bits per heavy atom. The van der Waals surface area contributed by atoms with Crippen LogP contribution in [-0.2, 0) is 14.3 Å². The molecule has 0 saturated carbocycles. The molecule has 1 atom stereocenters. The number of aryl methyl sites for hydroxylation is 1. The highest BCUT2D eigenvalue weighted by Gasteiger charge is 2.27. The number of rotatable bonds is 5. The second kappa shape index (κ2) is 8.96. The number of carbonyl (C=O) groups excluding carboxylic acids is 3. The number of hydrogen-bond acceptors (Lipinski definition) is 7. The van der Waals surface area contributed by atoms with Gasteiger partial charge in [0.05, 0.1) is 12.7 Å². The minimum atomic E-state index is -0.923. The molecule has 152 valence electrons. The van der Waals surface area contributed by atoms with Gasteiger partial charge in [0.15, 0.2) is 18.1 Å². The molecule has 3 rings (SSSR count). The normalized spacial score (nSPS) is 14.5. The van der Waals surface area contributed by atoms with Crippen LogP contribution < -0.4 is 25.1 Å². The summed E-state index contributed by atoms with van der Waals surface area (Å²) in [5.41, 5.74) is 5.49. The fourth-order valence-electron chi connectivity index (χ4n) is 2.56. The van der Waals surface area contributed by atoms with Gasteiger partial charge < -0.3 is 18.9 Å². The zero-order valence-corrected chi connectivity index (χ0v) is 15.9. The van der Waals surface area contributed by atoms with Gasteiger partial charge in [0.1, 0.15) is 12.4 Å². The third-order valence-electron chi connectivity index (χ3n) is 4.10. The van der Waals surface area contributed by atoms with Crippen LogP contribution in [0, 0.1) is 6.92 Å². The lowest BCUT2D eigenvalue weighted by atomic mass is 10.1. The van der Waals surface area contributed by atoms with E-state index in [2.05, 4.69) is 10.9 Å². The zero-order chi connectivity index (χ0) is 20.8. The van der Waals surface area contributed by atoms with Crippen LogP contribution in [0.15, 0.2) is 42.5 Å². The molecule has 1 aliphatic rings. The lowest BCUT2D eigenvalue weighted by Crippen LogP contribution is -2.51. The molecule has 0 spiro atoms. The fourth-order valence-corrected chi connectivity index (χ4v) is 2.56. The Balaban J connectivity index is 1.44. The largest absolute Gasteiger partial charge is 0.496 e. The predicted octanol–water partition coefficient (Wildman–Crippen LogP) is 1.15. The van der Waals surface area contributed by atoms with E-state index in [0.717, 1.165) is 5.56 Å². The van der Waals surface area contributed by atoms with E-state index in [1.165, 1.54) is 13.2 Å². The highest BCUT2D eigenvalue weighted by atomic mass is 16.6. The number of carbonyl (C=O) groups is 3. The third-order valence-corrected chi connectivity index (χ3v) is 4.10. The van der Waals surface area contributed by atoms with Gasteiger partial charge in [-0.05, 0) is 36.8 Å². The molecular weight excluding hydrogens is 380 g/mol. The van der Waals surface area contributed by atoms with Crippen LogP contribution in [0.5, 0.6) is 17.2 Å². The molecule has 29 heavy (non-hydrogen) atoms. The van der Waals surface area contributed by atoms with Crippen molar-refractivity contribution in [3.05, 3.63) is 53.6 Å². The van der Waals surface area contributed by atoms with Gasteiger partial charge in [-0.15, -0.1) is 0 Å². The van der Waals surface area contributed by atoms with Crippen molar-refractivity contribution in [2.24, 2.45) is 0 Å². The topological polar surface area (TPSA) is 112 Å². The van der Waals surface area contributed by atoms with Crippen molar-refractivity contribution in [2.45, 2.75) is 13.0 Å². The molecule has 1 aliphatic heterocycles. The number of fused-ring (bicyclic) bond motifs is 1. The van der Waals surface area contributed by atoms with E-state index in [4.69, 9.17) is 18.9 Å². The maximum atomic E-state index is 12.1. The minimum Gasteiger partial charge on any atom is -0.496 e.